The Labute approximate surface area is 121 Å². The van der Waals surface area contributed by atoms with Crippen LogP contribution in [0.15, 0.2) is 0 Å². The maximum atomic E-state index is 12.6. The van der Waals surface area contributed by atoms with Gasteiger partial charge in [-0.05, 0) is 43.9 Å². The number of β-amino-alcohol motifs (C(OH)–C–C–N with tert-alkyl or cyclic N) is 1. The Kier molecular flexibility index (Phi) is 4.32. The molecule has 20 heavy (non-hydrogen) atoms. The fraction of sp³-hybridized carbons (Fsp3) is 0.938. The lowest BCUT2D eigenvalue weighted by Crippen LogP contribution is -2.58. The molecular formula is C16H28N2O2. The summed E-state index contributed by atoms with van der Waals surface area (Å²) in [7, 11) is 0. The third-order valence-electron chi connectivity index (χ3n) is 5.68. The zero-order chi connectivity index (χ0) is 14.1. The summed E-state index contributed by atoms with van der Waals surface area (Å²) in [5, 5.41) is 13.6. The van der Waals surface area contributed by atoms with Gasteiger partial charge in [-0.25, -0.2) is 0 Å². The molecule has 0 bridgehead atoms. The molecule has 1 amide bonds. The van der Waals surface area contributed by atoms with Gasteiger partial charge in [-0.2, -0.15) is 0 Å². The molecule has 2 saturated heterocycles. The van der Waals surface area contributed by atoms with Crippen molar-refractivity contribution in [3.63, 3.8) is 0 Å². The number of hydrogen-bond acceptors (Lipinski definition) is 3. The highest BCUT2D eigenvalue weighted by Crippen LogP contribution is 2.32. The largest absolute Gasteiger partial charge is 0.391 e. The summed E-state index contributed by atoms with van der Waals surface area (Å²) in [6.45, 7) is 3.40. The molecule has 0 aromatic carbocycles. The topological polar surface area (TPSA) is 52.6 Å². The van der Waals surface area contributed by atoms with Crippen molar-refractivity contribution in [3.8, 4) is 0 Å². The number of fused-ring (bicyclic) bond motifs is 1. The lowest BCUT2D eigenvalue weighted by atomic mass is 9.77. The SMILES string of the molecule is CC1CCN(C(=O)C2CCC3CCCCC3N2)CC1O. The predicted octanol–water partition coefficient (Wildman–Crippen LogP) is 1.53. The molecule has 0 aromatic rings. The van der Waals surface area contributed by atoms with E-state index in [1.54, 1.807) is 0 Å². The average molecular weight is 280 g/mol. The molecule has 5 atom stereocenters. The first kappa shape index (κ1) is 14.3. The van der Waals surface area contributed by atoms with E-state index in [1.165, 1.54) is 32.1 Å². The number of amides is 1. The third-order valence-corrected chi connectivity index (χ3v) is 5.68. The van der Waals surface area contributed by atoms with Crippen molar-refractivity contribution >= 4 is 5.91 Å². The van der Waals surface area contributed by atoms with E-state index in [0.29, 0.717) is 18.5 Å². The van der Waals surface area contributed by atoms with E-state index in [4.69, 9.17) is 0 Å². The summed E-state index contributed by atoms with van der Waals surface area (Å²) in [5.74, 6) is 1.33. The van der Waals surface area contributed by atoms with Crippen LogP contribution in [0.4, 0.5) is 0 Å². The molecule has 4 heteroatoms. The monoisotopic (exact) mass is 280 g/mol. The van der Waals surface area contributed by atoms with Crippen LogP contribution < -0.4 is 5.32 Å². The van der Waals surface area contributed by atoms with Crippen LogP contribution in [0.5, 0.6) is 0 Å². The van der Waals surface area contributed by atoms with Crippen molar-refractivity contribution in [2.24, 2.45) is 11.8 Å². The van der Waals surface area contributed by atoms with Gasteiger partial charge in [-0.1, -0.05) is 19.8 Å². The summed E-state index contributed by atoms with van der Waals surface area (Å²) in [6, 6.07) is 0.551. The van der Waals surface area contributed by atoms with Crippen LogP contribution in [0.1, 0.15) is 51.9 Å². The quantitative estimate of drug-likeness (QED) is 0.766. The van der Waals surface area contributed by atoms with Gasteiger partial charge in [0.05, 0.1) is 12.1 Å². The smallest absolute Gasteiger partial charge is 0.239 e. The van der Waals surface area contributed by atoms with Gasteiger partial charge in [0, 0.05) is 19.1 Å². The van der Waals surface area contributed by atoms with Crippen LogP contribution in [-0.2, 0) is 4.79 Å². The predicted molar refractivity (Wildman–Crippen MR) is 78.3 cm³/mol. The molecule has 0 aromatic heterocycles. The average Bonchev–Trinajstić information content (AvgIpc) is 2.49. The van der Waals surface area contributed by atoms with E-state index in [2.05, 4.69) is 12.2 Å². The lowest BCUT2D eigenvalue weighted by molar-refractivity contribution is -0.139. The minimum absolute atomic E-state index is 0.00467. The minimum Gasteiger partial charge on any atom is -0.391 e. The number of nitrogens with zero attached hydrogens (tertiary/aromatic N) is 1. The number of aliphatic hydroxyl groups excluding tert-OH is 1. The number of piperidine rings is 2. The first-order valence-electron chi connectivity index (χ1n) is 8.38. The van der Waals surface area contributed by atoms with Gasteiger partial charge in [0.2, 0.25) is 5.91 Å². The standard InChI is InChI=1S/C16H28N2O2/c1-11-8-9-18(10-15(11)19)16(20)14-7-6-12-4-2-3-5-13(12)17-14/h11-15,17,19H,2-10H2,1H3. The number of rotatable bonds is 1. The number of carbonyl (C=O) groups excluding carboxylic acids is 1. The number of aliphatic hydroxyl groups is 1. The molecule has 5 unspecified atom stereocenters. The second kappa shape index (κ2) is 6.02. The molecule has 1 saturated carbocycles. The maximum absolute atomic E-state index is 12.6. The molecule has 0 spiro atoms. The first-order chi connectivity index (χ1) is 9.65. The third kappa shape index (κ3) is 2.86. The number of hydrogen-bond donors (Lipinski definition) is 2. The fourth-order valence-electron chi connectivity index (χ4n) is 4.16. The molecule has 3 rings (SSSR count). The van der Waals surface area contributed by atoms with Crippen molar-refractivity contribution in [1.29, 1.82) is 0 Å². The van der Waals surface area contributed by atoms with Gasteiger partial charge in [0.15, 0.2) is 0 Å². The molecule has 0 radical (unpaired) electrons. The van der Waals surface area contributed by atoms with E-state index in [9.17, 15) is 9.90 Å². The molecule has 2 aliphatic heterocycles. The highest BCUT2D eigenvalue weighted by Gasteiger charge is 2.37. The van der Waals surface area contributed by atoms with E-state index in [1.807, 2.05) is 4.90 Å². The van der Waals surface area contributed by atoms with Crippen molar-refractivity contribution in [3.05, 3.63) is 0 Å². The number of likely N-dealkylation sites (tertiary alicyclic amines) is 1. The number of carbonyl (C=O) groups is 1. The van der Waals surface area contributed by atoms with Gasteiger partial charge in [-0.3, -0.25) is 4.79 Å². The van der Waals surface area contributed by atoms with Crippen LogP contribution in [0, 0.1) is 11.8 Å². The van der Waals surface area contributed by atoms with Gasteiger partial charge in [0.1, 0.15) is 0 Å². The van der Waals surface area contributed by atoms with Gasteiger partial charge in [0.25, 0.3) is 0 Å². The van der Waals surface area contributed by atoms with Crippen molar-refractivity contribution in [1.82, 2.24) is 10.2 Å². The van der Waals surface area contributed by atoms with E-state index >= 15 is 0 Å². The molecule has 4 nitrogen and oxygen atoms in total. The fourth-order valence-corrected chi connectivity index (χ4v) is 4.16. The Morgan fingerprint density at radius 2 is 1.95 bits per heavy atom. The molecule has 1 aliphatic carbocycles. The van der Waals surface area contributed by atoms with Crippen LogP contribution in [0.2, 0.25) is 0 Å². The summed E-state index contributed by atoms with van der Waals surface area (Å²) >= 11 is 0. The van der Waals surface area contributed by atoms with Gasteiger partial charge < -0.3 is 15.3 Å². The summed E-state index contributed by atoms with van der Waals surface area (Å²) in [4.78, 5) is 14.5. The zero-order valence-corrected chi connectivity index (χ0v) is 12.6. The van der Waals surface area contributed by atoms with Crippen LogP contribution in [0.3, 0.4) is 0 Å². The number of nitrogens with one attached hydrogen (secondary N) is 1. The lowest BCUT2D eigenvalue weighted by Gasteiger charge is -2.42. The molecule has 2 N–H and O–H groups in total. The van der Waals surface area contributed by atoms with Crippen molar-refractivity contribution < 1.29 is 9.90 Å². The second-order valence-electron chi connectivity index (χ2n) is 7.07. The normalized spacial score (nSPS) is 42.1. The van der Waals surface area contributed by atoms with Crippen molar-refractivity contribution in [2.75, 3.05) is 13.1 Å². The summed E-state index contributed by atoms with van der Waals surface area (Å²) in [6.07, 6.45) is 7.97. The first-order valence-corrected chi connectivity index (χ1v) is 8.38. The minimum atomic E-state index is -0.348. The van der Waals surface area contributed by atoms with Gasteiger partial charge >= 0.3 is 0 Å². The maximum Gasteiger partial charge on any atom is 0.239 e. The molecule has 114 valence electrons. The highest BCUT2D eigenvalue weighted by atomic mass is 16.3. The van der Waals surface area contributed by atoms with E-state index in [-0.39, 0.29) is 18.1 Å². The van der Waals surface area contributed by atoms with Crippen molar-refractivity contribution in [2.45, 2.75) is 70.1 Å². The summed E-state index contributed by atoms with van der Waals surface area (Å²) < 4.78 is 0. The van der Waals surface area contributed by atoms with Gasteiger partial charge in [-0.15, -0.1) is 0 Å². The Balaban J connectivity index is 1.57. The zero-order valence-electron chi connectivity index (χ0n) is 12.6. The Hall–Kier alpha value is -0.610. The van der Waals surface area contributed by atoms with E-state index < -0.39 is 0 Å². The van der Waals surface area contributed by atoms with Crippen LogP contribution >= 0.6 is 0 Å². The van der Waals surface area contributed by atoms with Crippen LogP contribution in [-0.4, -0.2) is 47.2 Å². The van der Waals surface area contributed by atoms with E-state index in [0.717, 1.165) is 25.3 Å². The van der Waals surface area contributed by atoms with Crippen LogP contribution in [0.25, 0.3) is 0 Å². The highest BCUT2D eigenvalue weighted by molar-refractivity contribution is 5.82. The summed E-state index contributed by atoms with van der Waals surface area (Å²) in [5.41, 5.74) is 0. The molecule has 2 heterocycles. The second-order valence-corrected chi connectivity index (χ2v) is 7.07. The Bertz CT molecular complexity index is 360. The Morgan fingerprint density at radius 1 is 1.15 bits per heavy atom. The molecule has 3 aliphatic rings. The Morgan fingerprint density at radius 3 is 2.75 bits per heavy atom. The molecule has 3 fully saturated rings. The molecular weight excluding hydrogens is 252 g/mol.